The van der Waals surface area contributed by atoms with Crippen molar-refractivity contribution in [1.29, 1.82) is 0 Å². The maximum Gasteiger partial charge on any atom is 0.125 e. The van der Waals surface area contributed by atoms with E-state index >= 15 is 0 Å². The summed E-state index contributed by atoms with van der Waals surface area (Å²) in [6.45, 7) is 0. The molecule has 0 aromatic carbocycles. The second-order valence-corrected chi connectivity index (χ2v) is 0.843. The third-order valence-electron chi connectivity index (χ3n) is 0.384. The SMILES string of the molecule is CN=CCC=O. The lowest BCUT2D eigenvalue weighted by Gasteiger charge is -1.66. The van der Waals surface area contributed by atoms with Crippen LogP contribution in [0, 0.1) is 0 Å². The van der Waals surface area contributed by atoms with E-state index in [1.807, 2.05) is 0 Å². The van der Waals surface area contributed by atoms with Gasteiger partial charge in [-0.25, -0.2) is 0 Å². The van der Waals surface area contributed by atoms with Gasteiger partial charge < -0.3 is 9.79 Å². The molecule has 0 atom stereocenters. The molecule has 0 aromatic heterocycles. The molecule has 2 nitrogen and oxygen atoms in total. The average Bonchev–Trinajstić information content (AvgIpc) is 1.61. The van der Waals surface area contributed by atoms with Crippen molar-refractivity contribution in [2.45, 2.75) is 6.42 Å². The van der Waals surface area contributed by atoms with Gasteiger partial charge in [-0.3, -0.25) is 0 Å². The molecule has 0 aliphatic heterocycles. The first-order valence-corrected chi connectivity index (χ1v) is 1.76. The molecule has 0 aliphatic rings. The fraction of sp³-hybridized carbons (Fsp3) is 0.500. The molecule has 6 heavy (non-hydrogen) atoms. The molecule has 0 aromatic rings. The topological polar surface area (TPSA) is 29.4 Å². The first kappa shape index (κ1) is 5.34. The van der Waals surface area contributed by atoms with Gasteiger partial charge in [-0.1, -0.05) is 0 Å². The summed E-state index contributed by atoms with van der Waals surface area (Å²) in [5.41, 5.74) is 0. The van der Waals surface area contributed by atoms with Gasteiger partial charge in [0.25, 0.3) is 0 Å². The van der Waals surface area contributed by atoms with Crippen LogP contribution in [0.3, 0.4) is 0 Å². The molecule has 0 saturated carbocycles. The van der Waals surface area contributed by atoms with E-state index in [9.17, 15) is 4.79 Å². The molecule has 0 saturated heterocycles. The largest absolute Gasteiger partial charge is 0.303 e. The van der Waals surface area contributed by atoms with Gasteiger partial charge >= 0.3 is 0 Å². The van der Waals surface area contributed by atoms with Crippen LogP contribution in [-0.4, -0.2) is 19.5 Å². The molecular formula is C4H7NO. The number of nitrogens with zero attached hydrogens (tertiary/aromatic N) is 1. The van der Waals surface area contributed by atoms with E-state index in [0.717, 1.165) is 6.29 Å². The van der Waals surface area contributed by atoms with Gasteiger partial charge in [0.05, 0.1) is 0 Å². The molecule has 0 N–H and O–H groups in total. The first-order valence-electron chi connectivity index (χ1n) is 1.76. The first-order chi connectivity index (χ1) is 2.91. The Kier molecular flexibility index (Phi) is 3.86. The van der Waals surface area contributed by atoms with Crippen LogP contribution in [0.5, 0.6) is 0 Å². The van der Waals surface area contributed by atoms with Crippen LogP contribution in [0.2, 0.25) is 0 Å². The van der Waals surface area contributed by atoms with Crippen molar-refractivity contribution in [2.24, 2.45) is 4.99 Å². The Hall–Kier alpha value is -0.660. The zero-order valence-corrected chi connectivity index (χ0v) is 3.72. The van der Waals surface area contributed by atoms with Crippen LogP contribution in [-0.2, 0) is 4.79 Å². The van der Waals surface area contributed by atoms with E-state index in [2.05, 4.69) is 4.99 Å². The molecule has 0 rings (SSSR count). The van der Waals surface area contributed by atoms with E-state index in [4.69, 9.17) is 0 Å². The van der Waals surface area contributed by atoms with Crippen LogP contribution in [0.15, 0.2) is 4.99 Å². The van der Waals surface area contributed by atoms with Gasteiger partial charge in [0.1, 0.15) is 6.29 Å². The maximum atomic E-state index is 9.47. The Balaban J connectivity index is 2.85. The van der Waals surface area contributed by atoms with Crippen molar-refractivity contribution < 1.29 is 4.79 Å². The summed E-state index contributed by atoms with van der Waals surface area (Å²) in [6.07, 6.45) is 2.82. The van der Waals surface area contributed by atoms with E-state index in [0.29, 0.717) is 6.42 Å². The molecule has 0 aliphatic carbocycles. The second-order valence-electron chi connectivity index (χ2n) is 0.843. The Morgan fingerprint density at radius 2 is 2.50 bits per heavy atom. The number of hydrogen-bond acceptors (Lipinski definition) is 2. The number of carbonyl (C=O) groups excluding carboxylic acids is 1. The number of carbonyl (C=O) groups is 1. The van der Waals surface area contributed by atoms with Crippen molar-refractivity contribution in [3.63, 3.8) is 0 Å². The molecule has 34 valence electrons. The van der Waals surface area contributed by atoms with Gasteiger partial charge in [0, 0.05) is 19.7 Å². The number of aliphatic imine (C=N–C) groups is 1. The smallest absolute Gasteiger partial charge is 0.125 e. The molecule has 0 unspecified atom stereocenters. The predicted molar refractivity (Wildman–Crippen MR) is 25.1 cm³/mol. The molecule has 0 radical (unpaired) electrons. The van der Waals surface area contributed by atoms with E-state index in [-0.39, 0.29) is 0 Å². The summed E-state index contributed by atoms with van der Waals surface area (Å²) >= 11 is 0. The Bertz CT molecular complexity index is 58.6. The third kappa shape index (κ3) is 3.34. The van der Waals surface area contributed by atoms with Crippen LogP contribution in [0.1, 0.15) is 6.42 Å². The zero-order chi connectivity index (χ0) is 4.83. The summed E-state index contributed by atoms with van der Waals surface area (Å²) in [6, 6.07) is 0. The van der Waals surface area contributed by atoms with Crippen molar-refractivity contribution in [1.82, 2.24) is 0 Å². The summed E-state index contributed by atoms with van der Waals surface area (Å²) in [5, 5.41) is 0. The number of aldehydes is 1. The maximum absolute atomic E-state index is 9.47. The minimum Gasteiger partial charge on any atom is -0.303 e. The highest BCUT2D eigenvalue weighted by atomic mass is 16.1. The van der Waals surface area contributed by atoms with E-state index in [1.165, 1.54) is 0 Å². The quantitative estimate of drug-likeness (QED) is 0.349. The van der Waals surface area contributed by atoms with Crippen molar-refractivity contribution in [3.05, 3.63) is 0 Å². The third-order valence-corrected chi connectivity index (χ3v) is 0.384. The number of rotatable bonds is 2. The Morgan fingerprint density at radius 1 is 1.83 bits per heavy atom. The molecule has 0 fully saturated rings. The van der Waals surface area contributed by atoms with Crippen LogP contribution in [0.25, 0.3) is 0 Å². The van der Waals surface area contributed by atoms with Gasteiger partial charge in [0.2, 0.25) is 0 Å². The number of hydrogen-bond donors (Lipinski definition) is 0. The summed E-state index contributed by atoms with van der Waals surface area (Å²) in [4.78, 5) is 13.0. The average molecular weight is 85.1 g/mol. The van der Waals surface area contributed by atoms with Crippen LogP contribution >= 0.6 is 0 Å². The lowest BCUT2D eigenvalue weighted by molar-refractivity contribution is -0.106. The lowest BCUT2D eigenvalue weighted by Crippen LogP contribution is -1.72. The molecule has 0 heterocycles. The Morgan fingerprint density at radius 3 is 2.67 bits per heavy atom. The minimum absolute atomic E-state index is 0.441. The van der Waals surface area contributed by atoms with E-state index < -0.39 is 0 Å². The molecule has 0 bridgehead atoms. The highest BCUT2D eigenvalue weighted by Gasteiger charge is 1.64. The fourth-order valence-electron chi connectivity index (χ4n) is 0.148. The fourth-order valence-corrected chi connectivity index (χ4v) is 0.148. The molecule has 0 amide bonds. The van der Waals surface area contributed by atoms with E-state index in [1.54, 1.807) is 13.3 Å². The normalized spacial score (nSPS) is 9.50. The highest BCUT2D eigenvalue weighted by Crippen LogP contribution is 1.58. The van der Waals surface area contributed by atoms with Gasteiger partial charge in [-0.2, -0.15) is 0 Å². The molecule has 0 spiro atoms. The summed E-state index contributed by atoms with van der Waals surface area (Å²) in [5.74, 6) is 0. The van der Waals surface area contributed by atoms with Gasteiger partial charge in [-0.05, 0) is 0 Å². The summed E-state index contributed by atoms with van der Waals surface area (Å²) < 4.78 is 0. The zero-order valence-electron chi connectivity index (χ0n) is 3.72. The van der Waals surface area contributed by atoms with Gasteiger partial charge in [0.15, 0.2) is 0 Å². The van der Waals surface area contributed by atoms with Crippen LogP contribution in [0.4, 0.5) is 0 Å². The highest BCUT2D eigenvalue weighted by molar-refractivity contribution is 5.75. The van der Waals surface area contributed by atoms with Crippen LogP contribution < -0.4 is 0 Å². The Labute approximate surface area is 36.9 Å². The standard InChI is InChI=1S/C4H7NO/c1-5-3-2-4-6/h3-4H,2H2,1H3. The molecule has 2 heteroatoms. The molecular weight excluding hydrogens is 78.0 g/mol. The van der Waals surface area contributed by atoms with Crippen molar-refractivity contribution in [2.75, 3.05) is 7.05 Å². The monoisotopic (exact) mass is 85.1 g/mol. The predicted octanol–water partition coefficient (Wildman–Crippen LogP) is 0.276. The summed E-state index contributed by atoms with van der Waals surface area (Å²) in [7, 11) is 1.64. The lowest BCUT2D eigenvalue weighted by atomic mass is 10.5. The van der Waals surface area contributed by atoms with Crippen molar-refractivity contribution >= 4 is 12.5 Å². The van der Waals surface area contributed by atoms with Crippen molar-refractivity contribution in [3.8, 4) is 0 Å². The second kappa shape index (κ2) is 4.34. The van der Waals surface area contributed by atoms with Gasteiger partial charge in [-0.15, -0.1) is 0 Å². The minimum atomic E-state index is 0.441.